The predicted octanol–water partition coefficient (Wildman–Crippen LogP) is 10.7. The first kappa shape index (κ1) is 55.8. The number of benzene rings is 2. The molecule has 1 N–H and O–H groups in total. The number of guanidine groups is 2. The van der Waals surface area contributed by atoms with Crippen LogP contribution < -0.4 is 15.1 Å². The van der Waals surface area contributed by atoms with Gasteiger partial charge in [-0.1, -0.05) is 48.2 Å². The molecule has 410 valence electrons. The summed E-state index contributed by atoms with van der Waals surface area (Å²) in [4.78, 5) is 31.2. The van der Waals surface area contributed by atoms with E-state index in [-0.39, 0.29) is 0 Å². The molecule has 0 radical (unpaired) electrons. The molecule has 2 aromatic rings. The van der Waals surface area contributed by atoms with Crippen molar-refractivity contribution in [1.82, 2.24) is 39.6 Å². The van der Waals surface area contributed by atoms with Crippen molar-refractivity contribution in [3.05, 3.63) is 81.4 Å². The SMILES string of the molecule is C1CCN2C[C@H]3C[C@H](CN4CCCC[C@@H]34)[C@H]2C1.C1CN=C2NCCCN2C1.CC1=C(C)N(C(C)C)CN1C(C)C.CN1CCCN2CCCN=C12.Cc1cc(C)c(N2C=CN(c3c(C)cc(C)cc3C)C2)c(C)c1. The van der Waals surface area contributed by atoms with Crippen LogP contribution in [0.1, 0.15) is 146 Å². The van der Waals surface area contributed by atoms with Gasteiger partial charge in [-0.15, -0.1) is 0 Å². The fraction of sp³-hybridized carbons (Fsp3) is 0.710. The van der Waals surface area contributed by atoms with Crippen molar-refractivity contribution in [1.29, 1.82) is 0 Å². The van der Waals surface area contributed by atoms with E-state index >= 15 is 0 Å². The number of allylic oxidation sites excluding steroid dienone is 2. The fourth-order valence-electron chi connectivity index (χ4n) is 14.4. The Labute approximate surface area is 451 Å². The van der Waals surface area contributed by atoms with Crippen LogP contribution in [0.4, 0.5) is 11.4 Å². The molecule has 6 fully saturated rings. The molecule has 4 atom stereocenters. The quantitative estimate of drug-likeness (QED) is 0.320. The van der Waals surface area contributed by atoms with Crippen molar-refractivity contribution in [2.45, 2.75) is 178 Å². The number of hydrogen-bond donors (Lipinski definition) is 1. The van der Waals surface area contributed by atoms with Gasteiger partial charge in [-0.2, -0.15) is 0 Å². The van der Waals surface area contributed by atoms with Gasteiger partial charge in [-0.3, -0.25) is 19.8 Å². The highest BCUT2D eigenvalue weighted by atomic mass is 15.4. The van der Waals surface area contributed by atoms with Crippen LogP contribution in [0.5, 0.6) is 0 Å². The van der Waals surface area contributed by atoms with Crippen molar-refractivity contribution in [3.63, 3.8) is 0 Å². The number of fused-ring (bicyclic) bond motifs is 8. The Balaban J connectivity index is 0.000000127. The maximum absolute atomic E-state index is 4.50. The van der Waals surface area contributed by atoms with E-state index < -0.39 is 0 Å². The number of hydrogen-bond acceptors (Lipinski definition) is 12. The Morgan fingerprint density at radius 1 is 0.514 bits per heavy atom. The highest BCUT2D eigenvalue weighted by Gasteiger charge is 2.46. The molecule has 0 spiro atoms. The van der Waals surface area contributed by atoms with Crippen LogP contribution in [0, 0.1) is 53.4 Å². The Bertz CT molecular complexity index is 2130. The lowest BCUT2D eigenvalue weighted by Gasteiger charge is -2.57. The molecule has 0 saturated carbocycles. The second-order valence-corrected chi connectivity index (χ2v) is 24.3. The number of piperidine rings is 4. The molecule has 74 heavy (non-hydrogen) atoms. The Kier molecular flexibility index (Phi) is 19.3. The minimum atomic E-state index is 0.610. The standard InChI is InChI=1S/C21H26N2.C15H26N2.C11H22N2.C8H15N3.C7H13N3/c1-14-9-16(3)20(17(4)10-14)22-7-8-23(13-22)21-18(5)11-15(2)12-19(21)6;1-3-7-16-11-13-9-12(14(16)5-1)10-17-8-4-2-6-15(13)17;1-8(2)12-7-13(9(3)4)11(6)10(12)5;1-10-5-3-7-11-6-2-4-9-8(10)11;1-3-8-7-9-4-2-6-10(7)5-1/h7-12H,13H2,1-6H3;12-15H,1-11H2;8-9H,7H2,1-6H3;2-7H2,1H3;1-6H2,(H,8,9)/t;12-,13-,14-,15+;;;/m.1.../s1. The normalized spacial score (nSPS) is 25.5. The van der Waals surface area contributed by atoms with Gasteiger partial charge in [0.25, 0.3) is 0 Å². The highest BCUT2D eigenvalue weighted by Crippen LogP contribution is 2.43. The first-order valence-corrected chi connectivity index (χ1v) is 29.7. The van der Waals surface area contributed by atoms with Crippen LogP contribution in [0.25, 0.3) is 0 Å². The molecule has 10 aliphatic heterocycles. The summed E-state index contributed by atoms with van der Waals surface area (Å²) in [7, 11) is 2.14. The van der Waals surface area contributed by atoms with Crippen LogP contribution in [-0.4, -0.2) is 169 Å². The van der Waals surface area contributed by atoms with Crippen LogP contribution in [0.3, 0.4) is 0 Å². The topological polar surface area (TPSA) is 65.9 Å². The summed E-state index contributed by atoms with van der Waals surface area (Å²) in [6.45, 7) is 43.3. The first-order chi connectivity index (χ1) is 35.6. The summed E-state index contributed by atoms with van der Waals surface area (Å²) in [5.41, 5.74) is 13.5. The molecule has 0 aliphatic carbocycles. The van der Waals surface area contributed by atoms with Gasteiger partial charge in [0, 0.05) is 132 Å². The van der Waals surface area contributed by atoms with Gasteiger partial charge in [0.2, 0.25) is 0 Å². The fourth-order valence-corrected chi connectivity index (χ4v) is 14.4. The molecule has 0 amide bonds. The molecule has 2 aromatic carbocycles. The zero-order chi connectivity index (χ0) is 52.6. The largest absolute Gasteiger partial charge is 0.356 e. The van der Waals surface area contributed by atoms with Gasteiger partial charge in [0.1, 0.15) is 0 Å². The lowest BCUT2D eigenvalue weighted by Crippen LogP contribution is -2.63. The van der Waals surface area contributed by atoms with Crippen LogP contribution in [0.2, 0.25) is 0 Å². The summed E-state index contributed by atoms with van der Waals surface area (Å²) in [5.74, 6) is 4.40. The third-order valence-corrected chi connectivity index (χ3v) is 17.9. The van der Waals surface area contributed by atoms with Gasteiger partial charge in [-0.05, 0) is 188 Å². The molecule has 2 bridgehead atoms. The van der Waals surface area contributed by atoms with Gasteiger partial charge in [0.15, 0.2) is 11.9 Å². The Morgan fingerprint density at radius 2 is 0.986 bits per heavy atom. The maximum atomic E-state index is 4.50. The average Bonchev–Trinajstić information content (AvgIpc) is 3.98. The summed E-state index contributed by atoms with van der Waals surface area (Å²) < 4.78 is 0. The molecule has 10 aliphatic rings. The summed E-state index contributed by atoms with van der Waals surface area (Å²) >= 11 is 0. The van der Waals surface area contributed by atoms with E-state index in [2.05, 4.69) is 186 Å². The van der Waals surface area contributed by atoms with E-state index in [1.165, 1.54) is 185 Å². The van der Waals surface area contributed by atoms with Crippen LogP contribution >= 0.6 is 0 Å². The monoisotopic (exact) mass is 1010 g/mol. The molecule has 6 saturated heterocycles. The van der Waals surface area contributed by atoms with Gasteiger partial charge in [-0.25, -0.2) is 0 Å². The van der Waals surface area contributed by atoms with Gasteiger partial charge < -0.3 is 39.6 Å². The second kappa shape index (κ2) is 25.6. The van der Waals surface area contributed by atoms with Crippen LogP contribution in [0.15, 0.2) is 58.0 Å². The summed E-state index contributed by atoms with van der Waals surface area (Å²) in [6, 6.07) is 12.2. The number of nitrogens with zero attached hydrogens (tertiary/aromatic N) is 11. The van der Waals surface area contributed by atoms with Gasteiger partial charge in [0.05, 0.1) is 13.3 Å². The van der Waals surface area contributed by atoms with Crippen molar-refractivity contribution < 1.29 is 0 Å². The first-order valence-electron chi connectivity index (χ1n) is 29.7. The Hall–Kier alpha value is -4.42. The molecule has 12 nitrogen and oxygen atoms in total. The molecule has 0 aromatic heterocycles. The van der Waals surface area contributed by atoms with E-state index in [0.717, 1.165) is 62.9 Å². The molecular weight excluding hydrogens is 913 g/mol. The molecule has 0 unspecified atom stereocenters. The molecule has 10 heterocycles. The van der Waals surface area contributed by atoms with Gasteiger partial charge >= 0.3 is 0 Å². The van der Waals surface area contributed by atoms with E-state index in [1.807, 2.05) is 0 Å². The summed E-state index contributed by atoms with van der Waals surface area (Å²) in [5, 5.41) is 3.30. The van der Waals surface area contributed by atoms with Crippen molar-refractivity contribution in [2.24, 2.45) is 21.8 Å². The molecule has 12 heteroatoms. The third-order valence-electron chi connectivity index (χ3n) is 17.9. The Morgan fingerprint density at radius 3 is 1.46 bits per heavy atom. The second-order valence-electron chi connectivity index (χ2n) is 24.3. The lowest BCUT2D eigenvalue weighted by atomic mass is 9.71. The number of aliphatic imine (C=N–C) groups is 2. The number of rotatable bonds is 4. The van der Waals surface area contributed by atoms with E-state index in [1.54, 1.807) is 6.42 Å². The number of aryl methyl sites for hydroxylation is 6. The zero-order valence-corrected chi connectivity index (χ0v) is 49.0. The van der Waals surface area contributed by atoms with Crippen molar-refractivity contribution in [2.75, 3.05) is 109 Å². The minimum absolute atomic E-state index is 0.610. The third kappa shape index (κ3) is 13.4. The van der Waals surface area contributed by atoms with E-state index in [0.29, 0.717) is 12.1 Å². The molecular formula is C62H102N12. The number of anilines is 2. The van der Waals surface area contributed by atoms with E-state index in [4.69, 9.17) is 0 Å². The smallest absolute Gasteiger partial charge is 0.196 e. The van der Waals surface area contributed by atoms with E-state index in [9.17, 15) is 0 Å². The van der Waals surface area contributed by atoms with Crippen LogP contribution in [-0.2, 0) is 0 Å². The number of nitrogens with one attached hydrogen (secondary N) is 1. The summed E-state index contributed by atoms with van der Waals surface area (Å²) in [6.07, 6.45) is 19.9. The van der Waals surface area contributed by atoms with Crippen molar-refractivity contribution >= 4 is 23.3 Å². The molecule has 12 rings (SSSR count). The highest BCUT2D eigenvalue weighted by molar-refractivity contribution is 5.81. The van der Waals surface area contributed by atoms with Crippen molar-refractivity contribution in [3.8, 4) is 0 Å². The minimum Gasteiger partial charge on any atom is -0.356 e. The maximum Gasteiger partial charge on any atom is 0.196 e. The predicted molar refractivity (Wildman–Crippen MR) is 314 cm³/mol. The lowest BCUT2D eigenvalue weighted by molar-refractivity contribution is -0.0718. The average molecular weight is 1020 g/mol. The zero-order valence-electron chi connectivity index (χ0n) is 49.0.